The summed E-state index contributed by atoms with van der Waals surface area (Å²) >= 11 is 0. The van der Waals surface area contributed by atoms with Crippen LogP contribution in [0, 0.1) is 0 Å². The van der Waals surface area contributed by atoms with Crippen LogP contribution < -0.4 is 5.32 Å². The average Bonchev–Trinajstić information content (AvgIpc) is 2.62. The highest BCUT2D eigenvalue weighted by molar-refractivity contribution is 4.91. The van der Waals surface area contributed by atoms with E-state index in [9.17, 15) is 0 Å². The molecule has 1 aromatic rings. The maximum absolute atomic E-state index is 9.10. The van der Waals surface area contributed by atoms with Crippen LogP contribution in [0.5, 0.6) is 0 Å². The predicted molar refractivity (Wildman–Crippen MR) is 60.5 cm³/mol. The fraction of sp³-hybridized carbons (Fsp3) is 0.727. The third-order valence-electron chi connectivity index (χ3n) is 2.28. The summed E-state index contributed by atoms with van der Waals surface area (Å²) < 4.78 is 2.17. The van der Waals surface area contributed by atoms with E-state index in [1.807, 2.05) is 12.4 Å². The molecule has 2 N–H and O–H groups in total. The van der Waals surface area contributed by atoms with E-state index in [0.29, 0.717) is 6.54 Å². The minimum absolute atomic E-state index is 0.302. The molecule has 1 atom stereocenters. The van der Waals surface area contributed by atoms with Gasteiger partial charge in [-0.2, -0.15) is 0 Å². The smallest absolute Gasteiger partial charge is 0.122 e. The Balaban J connectivity index is 2.35. The summed E-state index contributed by atoms with van der Waals surface area (Å²) in [5, 5.41) is 12.3. The molecule has 0 fully saturated rings. The predicted octanol–water partition coefficient (Wildman–Crippen LogP) is 1.15. The van der Waals surface area contributed by atoms with Crippen molar-refractivity contribution in [3.8, 4) is 0 Å². The Morgan fingerprint density at radius 3 is 3.07 bits per heavy atom. The largest absolute Gasteiger partial charge is 0.392 e. The SMILES string of the molecule is CCCCn1ccnc1CNCC(C)O. The van der Waals surface area contributed by atoms with Crippen LogP contribution in [0.15, 0.2) is 12.4 Å². The molecule has 0 saturated heterocycles. The van der Waals surface area contributed by atoms with Crippen molar-refractivity contribution < 1.29 is 5.11 Å². The van der Waals surface area contributed by atoms with Crippen LogP contribution in [0.2, 0.25) is 0 Å². The van der Waals surface area contributed by atoms with Gasteiger partial charge in [0.05, 0.1) is 12.6 Å². The minimum Gasteiger partial charge on any atom is -0.392 e. The molecule has 0 amide bonds. The van der Waals surface area contributed by atoms with Gasteiger partial charge in [0.15, 0.2) is 0 Å². The summed E-state index contributed by atoms with van der Waals surface area (Å²) in [6.45, 7) is 6.32. The molecule has 0 bridgehead atoms. The highest BCUT2D eigenvalue weighted by atomic mass is 16.3. The molecule has 1 heterocycles. The molecule has 0 aliphatic rings. The second kappa shape index (κ2) is 6.58. The first-order chi connectivity index (χ1) is 7.24. The quantitative estimate of drug-likeness (QED) is 0.711. The maximum atomic E-state index is 9.10. The van der Waals surface area contributed by atoms with Crippen molar-refractivity contribution in [3.05, 3.63) is 18.2 Å². The lowest BCUT2D eigenvalue weighted by molar-refractivity contribution is 0.190. The lowest BCUT2D eigenvalue weighted by Crippen LogP contribution is -2.25. The number of nitrogens with one attached hydrogen (secondary N) is 1. The van der Waals surface area contributed by atoms with Crippen molar-refractivity contribution >= 4 is 0 Å². The van der Waals surface area contributed by atoms with Gasteiger partial charge in [-0.05, 0) is 13.3 Å². The summed E-state index contributed by atoms with van der Waals surface area (Å²) in [6.07, 6.45) is 5.91. The van der Waals surface area contributed by atoms with Crippen molar-refractivity contribution in [1.82, 2.24) is 14.9 Å². The number of aliphatic hydroxyl groups excluding tert-OH is 1. The van der Waals surface area contributed by atoms with Crippen molar-refractivity contribution in [2.45, 2.75) is 45.9 Å². The van der Waals surface area contributed by atoms with Crippen molar-refractivity contribution in [3.63, 3.8) is 0 Å². The fourth-order valence-electron chi connectivity index (χ4n) is 1.43. The van der Waals surface area contributed by atoms with E-state index in [0.717, 1.165) is 18.9 Å². The van der Waals surface area contributed by atoms with Gasteiger partial charge in [0.25, 0.3) is 0 Å². The Bertz CT molecular complexity index is 271. The minimum atomic E-state index is -0.302. The number of nitrogens with zero attached hydrogens (tertiary/aromatic N) is 2. The zero-order valence-corrected chi connectivity index (χ0v) is 9.61. The molecule has 0 radical (unpaired) electrons. The number of rotatable bonds is 7. The Labute approximate surface area is 91.3 Å². The van der Waals surface area contributed by atoms with E-state index >= 15 is 0 Å². The number of aryl methyl sites for hydroxylation is 1. The molecular formula is C11H21N3O. The zero-order valence-electron chi connectivity index (χ0n) is 9.61. The number of aliphatic hydroxyl groups is 1. The van der Waals surface area contributed by atoms with E-state index in [1.54, 1.807) is 6.92 Å². The van der Waals surface area contributed by atoms with Crippen LogP contribution in [0.3, 0.4) is 0 Å². The molecule has 1 unspecified atom stereocenters. The van der Waals surface area contributed by atoms with Crippen molar-refractivity contribution in [2.24, 2.45) is 0 Å². The highest BCUT2D eigenvalue weighted by Crippen LogP contribution is 2.00. The number of unbranched alkanes of at least 4 members (excludes halogenated alkanes) is 1. The van der Waals surface area contributed by atoms with Crippen LogP contribution in [-0.2, 0) is 13.1 Å². The van der Waals surface area contributed by atoms with Crippen LogP contribution in [0.1, 0.15) is 32.5 Å². The summed E-state index contributed by atoms with van der Waals surface area (Å²) in [5.74, 6) is 1.05. The van der Waals surface area contributed by atoms with Crippen LogP contribution >= 0.6 is 0 Å². The average molecular weight is 211 g/mol. The van der Waals surface area contributed by atoms with Gasteiger partial charge in [-0.3, -0.25) is 0 Å². The van der Waals surface area contributed by atoms with Crippen LogP contribution in [0.25, 0.3) is 0 Å². The van der Waals surface area contributed by atoms with E-state index in [-0.39, 0.29) is 6.10 Å². The van der Waals surface area contributed by atoms with Gasteiger partial charge < -0.3 is 15.0 Å². The van der Waals surface area contributed by atoms with E-state index < -0.39 is 0 Å². The molecule has 15 heavy (non-hydrogen) atoms. The maximum Gasteiger partial charge on any atom is 0.122 e. The fourth-order valence-corrected chi connectivity index (χ4v) is 1.43. The van der Waals surface area contributed by atoms with E-state index in [4.69, 9.17) is 5.11 Å². The topological polar surface area (TPSA) is 50.1 Å². The number of hydrogen-bond acceptors (Lipinski definition) is 3. The van der Waals surface area contributed by atoms with Gasteiger partial charge >= 0.3 is 0 Å². The molecule has 86 valence electrons. The molecular weight excluding hydrogens is 190 g/mol. The summed E-state index contributed by atoms with van der Waals surface area (Å²) in [7, 11) is 0. The monoisotopic (exact) mass is 211 g/mol. The Hall–Kier alpha value is -0.870. The second-order valence-electron chi connectivity index (χ2n) is 3.87. The third kappa shape index (κ3) is 4.44. The third-order valence-corrected chi connectivity index (χ3v) is 2.28. The molecule has 0 aliphatic carbocycles. The molecule has 4 heteroatoms. The highest BCUT2D eigenvalue weighted by Gasteiger charge is 2.02. The summed E-state index contributed by atoms with van der Waals surface area (Å²) in [4.78, 5) is 4.28. The standard InChI is InChI=1S/C11H21N3O/c1-3-4-6-14-7-5-13-11(14)9-12-8-10(2)15/h5,7,10,12,15H,3-4,6,8-9H2,1-2H3. The van der Waals surface area contributed by atoms with Crippen LogP contribution in [-0.4, -0.2) is 27.3 Å². The lowest BCUT2D eigenvalue weighted by atomic mass is 10.3. The molecule has 1 rings (SSSR count). The Kier molecular flexibility index (Phi) is 5.36. The molecule has 0 aliphatic heterocycles. The number of aromatic nitrogens is 2. The lowest BCUT2D eigenvalue weighted by Gasteiger charge is -2.09. The molecule has 0 saturated carbocycles. The first kappa shape index (κ1) is 12.2. The number of hydrogen-bond donors (Lipinski definition) is 2. The van der Waals surface area contributed by atoms with Gasteiger partial charge in [-0.1, -0.05) is 13.3 Å². The van der Waals surface area contributed by atoms with Crippen LogP contribution in [0.4, 0.5) is 0 Å². The van der Waals surface area contributed by atoms with Gasteiger partial charge in [0, 0.05) is 25.5 Å². The second-order valence-corrected chi connectivity index (χ2v) is 3.87. The first-order valence-corrected chi connectivity index (χ1v) is 5.62. The zero-order chi connectivity index (χ0) is 11.1. The summed E-state index contributed by atoms with van der Waals surface area (Å²) in [5.41, 5.74) is 0. The molecule has 4 nitrogen and oxygen atoms in total. The molecule has 1 aromatic heterocycles. The Morgan fingerprint density at radius 1 is 1.60 bits per heavy atom. The van der Waals surface area contributed by atoms with E-state index in [1.165, 1.54) is 12.8 Å². The Morgan fingerprint density at radius 2 is 2.40 bits per heavy atom. The normalized spacial score (nSPS) is 13.0. The van der Waals surface area contributed by atoms with Gasteiger partial charge in [-0.25, -0.2) is 4.98 Å². The molecule has 0 aromatic carbocycles. The van der Waals surface area contributed by atoms with Crippen molar-refractivity contribution in [2.75, 3.05) is 6.54 Å². The number of imidazole rings is 1. The van der Waals surface area contributed by atoms with Crippen molar-refractivity contribution in [1.29, 1.82) is 0 Å². The first-order valence-electron chi connectivity index (χ1n) is 5.62. The molecule has 0 spiro atoms. The summed E-state index contributed by atoms with van der Waals surface area (Å²) in [6, 6.07) is 0. The van der Waals surface area contributed by atoms with Gasteiger partial charge in [0.1, 0.15) is 5.82 Å². The van der Waals surface area contributed by atoms with Gasteiger partial charge in [-0.15, -0.1) is 0 Å². The van der Waals surface area contributed by atoms with E-state index in [2.05, 4.69) is 21.8 Å². The van der Waals surface area contributed by atoms with Gasteiger partial charge in [0.2, 0.25) is 0 Å².